The van der Waals surface area contributed by atoms with Crippen molar-refractivity contribution < 1.29 is 9.53 Å². The molecule has 2 saturated heterocycles. The minimum atomic E-state index is -0.0299. The Morgan fingerprint density at radius 1 is 1.32 bits per heavy atom. The molecule has 2 amide bonds. The molecule has 3 rings (SSSR count). The first-order chi connectivity index (χ1) is 12.0. The van der Waals surface area contributed by atoms with Gasteiger partial charge in [0.05, 0.1) is 25.3 Å². The van der Waals surface area contributed by atoms with Gasteiger partial charge in [-0.2, -0.15) is 0 Å². The Balaban J connectivity index is 1.41. The quantitative estimate of drug-likeness (QED) is 0.890. The first kappa shape index (κ1) is 18.0. The van der Waals surface area contributed by atoms with Crippen molar-refractivity contribution in [2.75, 3.05) is 31.1 Å². The van der Waals surface area contributed by atoms with Crippen LogP contribution in [0.4, 0.5) is 10.6 Å². The minimum Gasteiger partial charge on any atom is -0.372 e. The van der Waals surface area contributed by atoms with E-state index >= 15 is 0 Å². The van der Waals surface area contributed by atoms with Gasteiger partial charge in [-0.25, -0.2) is 9.78 Å². The lowest BCUT2D eigenvalue weighted by Crippen LogP contribution is -2.58. The fourth-order valence-corrected chi connectivity index (χ4v) is 3.31. The molecular formula is C19H30N4O2. The molecule has 3 heterocycles. The van der Waals surface area contributed by atoms with Crippen LogP contribution < -0.4 is 10.2 Å². The molecule has 6 nitrogen and oxygen atoms in total. The van der Waals surface area contributed by atoms with Crippen LogP contribution in [0, 0.1) is 5.92 Å². The fourth-order valence-electron chi connectivity index (χ4n) is 3.31. The third-order valence-electron chi connectivity index (χ3n) is 4.96. The van der Waals surface area contributed by atoms with Gasteiger partial charge in [0.1, 0.15) is 5.82 Å². The van der Waals surface area contributed by atoms with E-state index in [0.29, 0.717) is 19.6 Å². The predicted octanol–water partition coefficient (Wildman–Crippen LogP) is 2.64. The second-order valence-corrected chi connectivity index (χ2v) is 7.56. The highest BCUT2D eigenvalue weighted by atomic mass is 16.5. The Morgan fingerprint density at radius 3 is 2.64 bits per heavy atom. The highest BCUT2D eigenvalue weighted by molar-refractivity contribution is 5.75. The van der Waals surface area contributed by atoms with Gasteiger partial charge in [-0.3, -0.25) is 0 Å². The third-order valence-corrected chi connectivity index (χ3v) is 4.96. The van der Waals surface area contributed by atoms with Gasteiger partial charge in [0.15, 0.2) is 0 Å². The maximum Gasteiger partial charge on any atom is 0.317 e. The molecule has 0 spiro atoms. The Kier molecular flexibility index (Phi) is 5.78. The molecular weight excluding hydrogens is 316 g/mol. The fraction of sp³-hybridized carbons (Fsp3) is 0.684. The summed E-state index contributed by atoms with van der Waals surface area (Å²) in [6, 6.07) is 4.09. The Hall–Kier alpha value is -1.82. The van der Waals surface area contributed by atoms with Crippen molar-refractivity contribution in [3.05, 3.63) is 23.9 Å². The molecule has 0 unspecified atom stereocenters. The van der Waals surface area contributed by atoms with E-state index in [1.54, 1.807) is 4.90 Å². The number of likely N-dealkylation sites (tertiary alicyclic amines) is 1. The van der Waals surface area contributed by atoms with Gasteiger partial charge in [0.2, 0.25) is 0 Å². The molecule has 0 atom stereocenters. The standard InChI is InChI=1S/C19H30N4O2/c1-14(2)25-17-12-23(13-17)19(24)21-11-16-4-5-18(20-10-16)22-8-6-15(3)7-9-22/h4-5,10,14-15,17H,6-9,11-13H2,1-3H3,(H,21,24). The molecule has 2 fully saturated rings. The van der Waals surface area contributed by atoms with Crippen LogP contribution in [0.15, 0.2) is 18.3 Å². The van der Waals surface area contributed by atoms with Crippen LogP contribution in [0.2, 0.25) is 0 Å². The van der Waals surface area contributed by atoms with Gasteiger partial charge in [0.25, 0.3) is 0 Å². The largest absolute Gasteiger partial charge is 0.372 e. The smallest absolute Gasteiger partial charge is 0.317 e. The third kappa shape index (κ3) is 4.84. The van der Waals surface area contributed by atoms with Crippen LogP contribution in [-0.2, 0) is 11.3 Å². The predicted molar refractivity (Wildman–Crippen MR) is 98.7 cm³/mol. The van der Waals surface area contributed by atoms with Gasteiger partial charge in [-0.1, -0.05) is 13.0 Å². The van der Waals surface area contributed by atoms with Gasteiger partial charge in [-0.15, -0.1) is 0 Å². The molecule has 0 aromatic carbocycles. The lowest BCUT2D eigenvalue weighted by Gasteiger charge is -2.39. The highest BCUT2D eigenvalue weighted by Gasteiger charge is 2.31. The number of carbonyl (C=O) groups excluding carboxylic acids is 1. The lowest BCUT2D eigenvalue weighted by atomic mass is 9.99. The highest BCUT2D eigenvalue weighted by Crippen LogP contribution is 2.21. The number of rotatable bonds is 5. The van der Waals surface area contributed by atoms with E-state index in [9.17, 15) is 4.79 Å². The van der Waals surface area contributed by atoms with Gasteiger partial charge in [-0.05, 0) is 44.2 Å². The summed E-state index contributed by atoms with van der Waals surface area (Å²) in [4.78, 5) is 20.8. The van der Waals surface area contributed by atoms with Crippen molar-refractivity contribution in [3.63, 3.8) is 0 Å². The van der Waals surface area contributed by atoms with Crippen LogP contribution in [0.5, 0.6) is 0 Å². The first-order valence-electron chi connectivity index (χ1n) is 9.39. The average molecular weight is 346 g/mol. The monoisotopic (exact) mass is 346 g/mol. The summed E-state index contributed by atoms with van der Waals surface area (Å²) in [6.07, 6.45) is 4.73. The number of anilines is 1. The minimum absolute atomic E-state index is 0.0299. The Morgan fingerprint density at radius 2 is 2.04 bits per heavy atom. The maximum absolute atomic E-state index is 12.1. The first-order valence-corrected chi connectivity index (χ1v) is 9.39. The van der Waals surface area contributed by atoms with E-state index in [2.05, 4.69) is 34.3 Å². The summed E-state index contributed by atoms with van der Waals surface area (Å²) in [7, 11) is 0. The molecule has 138 valence electrons. The normalized spacial score (nSPS) is 19.2. The molecule has 0 radical (unpaired) electrons. The zero-order chi connectivity index (χ0) is 17.8. The SMILES string of the molecule is CC1CCN(c2ccc(CNC(=O)N3CC(OC(C)C)C3)cn2)CC1. The van der Waals surface area contributed by atoms with E-state index < -0.39 is 0 Å². The lowest BCUT2D eigenvalue weighted by molar-refractivity contribution is -0.0641. The number of nitrogens with one attached hydrogen (secondary N) is 1. The molecule has 2 aliphatic rings. The number of aromatic nitrogens is 1. The molecule has 0 saturated carbocycles. The molecule has 6 heteroatoms. The van der Waals surface area contributed by atoms with Crippen LogP contribution >= 0.6 is 0 Å². The van der Waals surface area contributed by atoms with Gasteiger partial charge >= 0.3 is 6.03 Å². The zero-order valence-corrected chi connectivity index (χ0v) is 15.6. The number of piperidine rings is 1. The number of pyridine rings is 1. The van der Waals surface area contributed by atoms with Gasteiger partial charge < -0.3 is 19.9 Å². The van der Waals surface area contributed by atoms with E-state index in [0.717, 1.165) is 30.4 Å². The van der Waals surface area contributed by atoms with Crippen LogP contribution in [0.3, 0.4) is 0 Å². The van der Waals surface area contributed by atoms with Crippen molar-refractivity contribution >= 4 is 11.8 Å². The molecule has 0 bridgehead atoms. The number of ether oxygens (including phenoxy) is 1. The summed E-state index contributed by atoms with van der Waals surface area (Å²) >= 11 is 0. The van der Waals surface area contributed by atoms with Crippen molar-refractivity contribution in [3.8, 4) is 0 Å². The number of carbonyl (C=O) groups is 1. The van der Waals surface area contributed by atoms with Crippen LogP contribution in [-0.4, -0.2) is 54.3 Å². The number of hydrogen-bond acceptors (Lipinski definition) is 4. The molecule has 2 aliphatic heterocycles. The maximum atomic E-state index is 12.1. The molecule has 25 heavy (non-hydrogen) atoms. The van der Waals surface area contributed by atoms with E-state index in [1.807, 2.05) is 20.0 Å². The molecule has 0 aliphatic carbocycles. The van der Waals surface area contributed by atoms with Gasteiger partial charge in [0, 0.05) is 25.8 Å². The van der Waals surface area contributed by atoms with E-state index in [1.165, 1.54) is 12.8 Å². The van der Waals surface area contributed by atoms with E-state index in [-0.39, 0.29) is 18.2 Å². The number of hydrogen-bond donors (Lipinski definition) is 1. The van der Waals surface area contributed by atoms with Crippen molar-refractivity contribution in [2.24, 2.45) is 5.92 Å². The van der Waals surface area contributed by atoms with Crippen molar-refractivity contribution in [1.82, 2.24) is 15.2 Å². The average Bonchev–Trinajstić information content (AvgIpc) is 2.56. The van der Waals surface area contributed by atoms with Crippen LogP contribution in [0.25, 0.3) is 0 Å². The molecule has 1 N–H and O–H groups in total. The molecule has 1 aromatic heterocycles. The zero-order valence-electron chi connectivity index (χ0n) is 15.6. The topological polar surface area (TPSA) is 57.7 Å². The molecule has 1 aromatic rings. The van der Waals surface area contributed by atoms with Crippen molar-refractivity contribution in [2.45, 2.75) is 52.4 Å². The van der Waals surface area contributed by atoms with E-state index in [4.69, 9.17) is 4.74 Å². The number of amides is 2. The number of urea groups is 1. The summed E-state index contributed by atoms with van der Waals surface area (Å²) in [5.41, 5.74) is 1.03. The summed E-state index contributed by atoms with van der Waals surface area (Å²) in [5.74, 6) is 1.86. The summed E-state index contributed by atoms with van der Waals surface area (Å²) < 4.78 is 5.67. The second kappa shape index (κ2) is 8.04. The Bertz CT molecular complexity index is 561. The summed E-state index contributed by atoms with van der Waals surface area (Å²) in [6.45, 7) is 10.4. The van der Waals surface area contributed by atoms with Crippen LogP contribution in [0.1, 0.15) is 39.2 Å². The summed E-state index contributed by atoms with van der Waals surface area (Å²) in [5, 5.41) is 2.96. The second-order valence-electron chi connectivity index (χ2n) is 7.56. The number of nitrogens with zero attached hydrogens (tertiary/aromatic N) is 3. The van der Waals surface area contributed by atoms with Crippen molar-refractivity contribution in [1.29, 1.82) is 0 Å². The Labute approximate surface area is 150 Å².